The Morgan fingerprint density at radius 2 is 1.48 bits per heavy atom. The van der Waals surface area contributed by atoms with Crippen molar-refractivity contribution in [3.63, 3.8) is 0 Å². The second-order valence-corrected chi connectivity index (χ2v) is 9.84. The van der Waals surface area contributed by atoms with E-state index in [-0.39, 0.29) is 6.29 Å². The van der Waals surface area contributed by atoms with Gasteiger partial charge in [-0.2, -0.15) is 0 Å². The maximum atomic E-state index is 6.17. The summed E-state index contributed by atoms with van der Waals surface area (Å²) in [5.41, 5.74) is 0. The van der Waals surface area contributed by atoms with Crippen molar-refractivity contribution in [1.29, 1.82) is 0 Å². The predicted molar refractivity (Wildman–Crippen MR) is 117 cm³/mol. The normalized spacial score (nSPS) is 39.6. The molecule has 2 heterocycles. The van der Waals surface area contributed by atoms with Crippen molar-refractivity contribution in [3.8, 4) is 0 Å². The summed E-state index contributed by atoms with van der Waals surface area (Å²) in [5.74, 6) is 1.63. The van der Waals surface area contributed by atoms with Crippen LogP contribution in [0.4, 0.5) is 0 Å². The van der Waals surface area contributed by atoms with Crippen LogP contribution in [0.15, 0.2) is 0 Å². The van der Waals surface area contributed by atoms with E-state index >= 15 is 0 Å². The van der Waals surface area contributed by atoms with E-state index in [9.17, 15) is 0 Å². The van der Waals surface area contributed by atoms with Crippen molar-refractivity contribution in [1.82, 2.24) is 20.9 Å². The van der Waals surface area contributed by atoms with Gasteiger partial charge in [-0.05, 0) is 89.1 Å². The Balaban J connectivity index is 1.06. The van der Waals surface area contributed by atoms with Crippen molar-refractivity contribution in [2.75, 3.05) is 46.4 Å². The molecule has 6 nitrogen and oxygen atoms in total. The van der Waals surface area contributed by atoms with Crippen LogP contribution in [0.25, 0.3) is 0 Å². The van der Waals surface area contributed by atoms with E-state index in [0.29, 0.717) is 18.2 Å². The maximum Gasteiger partial charge on any atom is 0.112 e. The number of rotatable bonds is 8. The third-order valence-electron chi connectivity index (χ3n) is 7.92. The van der Waals surface area contributed by atoms with Gasteiger partial charge >= 0.3 is 0 Å². The molecule has 4 rings (SSSR count). The number of ether oxygens (including phenoxy) is 2. The van der Waals surface area contributed by atoms with Crippen LogP contribution in [0.5, 0.6) is 0 Å². The highest BCUT2D eigenvalue weighted by Crippen LogP contribution is 2.31. The molecule has 29 heavy (non-hydrogen) atoms. The minimum Gasteiger partial charge on any atom is -0.381 e. The molecule has 0 spiro atoms. The van der Waals surface area contributed by atoms with Crippen molar-refractivity contribution in [2.24, 2.45) is 11.8 Å². The molecule has 0 aromatic rings. The summed E-state index contributed by atoms with van der Waals surface area (Å²) in [6.07, 6.45) is 14.0. The molecule has 168 valence electrons. The van der Waals surface area contributed by atoms with Gasteiger partial charge in [-0.1, -0.05) is 0 Å². The molecular weight excluding hydrogens is 364 g/mol. The monoisotopic (exact) mass is 408 g/mol. The minimum atomic E-state index is 0.277. The Labute approximate surface area is 177 Å². The van der Waals surface area contributed by atoms with Gasteiger partial charge in [0.25, 0.3) is 0 Å². The first-order chi connectivity index (χ1) is 14.3. The lowest BCUT2D eigenvalue weighted by Crippen LogP contribution is -2.63. The van der Waals surface area contributed by atoms with Gasteiger partial charge < -0.3 is 14.4 Å². The van der Waals surface area contributed by atoms with E-state index in [0.717, 1.165) is 38.1 Å². The molecule has 0 radical (unpaired) electrons. The minimum absolute atomic E-state index is 0.277. The molecular formula is C23H44N4O2. The largest absolute Gasteiger partial charge is 0.381 e. The van der Waals surface area contributed by atoms with Crippen LogP contribution in [0.3, 0.4) is 0 Å². The second-order valence-electron chi connectivity index (χ2n) is 9.84. The Morgan fingerprint density at radius 3 is 2.14 bits per heavy atom. The molecule has 4 aliphatic rings. The summed E-state index contributed by atoms with van der Waals surface area (Å²) in [4.78, 5) is 2.55. The zero-order chi connectivity index (χ0) is 19.9. The van der Waals surface area contributed by atoms with Crippen molar-refractivity contribution in [2.45, 2.75) is 88.7 Å². The first-order valence-electron chi connectivity index (χ1n) is 12.4. The molecule has 2 aliphatic heterocycles. The van der Waals surface area contributed by atoms with Crippen LogP contribution in [0, 0.1) is 11.8 Å². The second kappa shape index (κ2) is 11.4. The smallest absolute Gasteiger partial charge is 0.112 e. The lowest BCUT2D eigenvalue weighted by atomic mass is 9.78. The summed E-state index contributed by atoms with van der Waals surface area (Å²) in [7, 11) is 1.86. The van der Waals surface area contributed by atoms with Crippen molar-refractivity contribution >= 4 is 0 Å². The van der Waals surface area contributed by atoms with E-state index < -0.39 is 0 Å². The molecule has 2 saturated heterocycles. The summed E-state index contributed by atoms with van der Waals surface area (Å²) >= 11 is 0. The lowest BCUT2D eigenvalue weighted by Gasteiger charge is -2.40. The third kappa shape index (κ3) is 6.62. The Kier molecular flexibility index (Phi) is 8.64. The fourth-order valence-electron chi connectivity index (χ4n) is 5.92. The van der Waals surface area contributed by atoms with Gasteiger partial charge in [0.1, 0.15) is 6.29 Å². The molecule has 2 saturated carbocycles. The van der Waals surface area contributed by atoms with Crippen LogP contribution in [-0.2, 0) is 9.47 Å². The zero-order valence-corrected chi connectivity index (χ0v) is 18.5. The van der Waals surface area contributed by atoms with E-state index in [1.165, 1.54) is 77.3 Å². The first kappa shape index (κ1) is 22.0. The summed E-state index contributed by atoms with van der Waals surface area (Å²) < 4.78 is 11.7. The number of hydrogen-bond acceptors (Lipinski definition) is 6. The molecule has 0 bridgehead atoms. The van der Waals surface area contributed by atoms with Gasteiger partial charge in [-0.15, -0.1) is 0 Å². The van der Waals surface area contributed by atoms with Crippen molar-refractivity contribution < 1.29 is 9.47 Å². The Hall–Kier alpha value is -0.240. The van der Waals surface area contributed by atoms with Crippen molar-refractivity contribution in [3.05, 3.63) is 0 Å². The van der Waals surface area contributed by atoms with E-state index in [1.807, 2.05) is 7.11 Å². The highest BCUT2D eigenvalue weighted by atomic mass is 16.5. The molecule has 2 aliphatic carbocycles. The highest BCUT2D eigenvalue weighted by molar-refractivity contribution is 4.87. The van der Waals surface area contributed by atoms with Crippen LogP contribution in [0.2, 0.25) is 0 Å². The van der Waals surface area contributed by atoms with Crippen LogP contribution < -0.4 is 16.0 Å². The highest BCUT2D eigenvalue weighted by Gasteiger charge is 2.31. The predicted octanol–water partition coefficient (Wildman–Crippen LogP) is 2.30. The van der Waals surface area contributed by atoms with Crippen LogP contribution in [0.1, 0.15) is 64.2 Å². The van der Waals surface area contributed by atoms with Gasteiger partial charge in [0.15, 0.2) is 0 Å². The fourth-order valence-corrected chi connectivity index (χ4v) is 5.92. The van der Waals surface area contributed by atoms with Gasteiger partial charge in [0, 0.05) is 32.8 Å². The Bertz CT molecular complexity index is 450. The Morgan fingerprint density at radius 1 is 0.828 bits per heavy atom. The molecule has 0 atom stereocenters. The standard InChI is InChI=1S/C23H44N4O2/c1-28-21-8-4-18(5-9-21)19-16-24-23(25-17-19)26-20-6-10-22(11-7-20)29-15-14-27-12-2-3-13-27/h18-26H,2-17H2,1H3. The van der Waals surface area contributed by atoms with Gasteiger partial charge in [0.05, 0.1) is 18.8 Å². The summed E-state index contributed by atoms with van der Waals surface area (Å²) in [6, 6.07) is 0.618. The molecule has 3 N–H and O–H groups in total. The topological polar surface area (TPSA) is 57.8 Å². The lowest BCUT2D eigenvalue weighted by molar-refractivity contribution is 0.0110. The number of likely N-dealkylation sites (tertiary alicyclic amines) is 1. The average molecular weight is 409 g/mol. The molecule has 6 heteroatoms. The summed E-state index contributed by atoms with van der Waals surface area (Å²) in [5, 5.41) is 11.3. The van der Waals surface area contributed by atoms with E-state index in [4.69, 9.17) is 9.47 Å². The van der Waals surface area contributed by atoms with Gasteiger partial charge in [-0.3, -0.25) is 16.0 Å². The maximum absolute atomic E-state index is 6.17. The summed E-state index contributed by atoms with van der Waals surface area (Å²) in [6.45, 7) is 6.88. The number of methoxy groups -OCH3 is 1. The number of nitrogens with one attached hydrogen (secondary N) is 3. The number of nitrogens with zero attached hydrogens (tertiary/aromatic N) is 1. The molecule has 0 unspecified atom stereocenters. The fraction of sp³-hybridized carbons (Fsp3) is 1.00. The van der Waals surface area contributed by atoms with Crippen LogP contribution >= 0.6 is 0 Å². The third-order valence-corrected chi connectivity index (χ3v) is 7.92. The van der Waals surface area contributed by atoms with E-state index in [2.05, 4.69) is 20.9 Å². The van der Waals surface area contributed by atoms with Gasteiger partial charge in [-0.25, -0.2) is 0 Å². The zero-order valence-electron chi connectivity index (χ0n) is 18.5. The molecule has 0 aromatic carbocycles. The number of hydrogen-bond donors (Lipinski definition) is 3. The molecule has 0 amide bonds. The van der Waals surface area contributed by atoms with E-state index in [1.54, 1.807) is 0 Å². The molecule has 0 aromatic heterocycles. The van der Waals surface area contributed by atoms with Crippen LogP contribution in [-0.4, -0.2) is 75.9 Å². The first-order valence-corrected chi connectivity index (χ1v) is 12.4. The SMILES string of the molecule is COC1CCC(C2CNC(NC3CCC(OCCN4CCCC4)CC3)NC2)CC1. The molecule has 4 fully saturated rings. The van der Waals surface area contributed by atoms with Gasteiger partial charge in [0.2, 0.25) is 0 Å². The quantitative estimate of drug-likeness (QED) is 0.573. The average Bonchev–Trinajstić information content (AvgIpc) is 3.29.